The normalized spacial score (nSPS) is 17.0. The van der Waals surface area contributed by atoms with Crippen LogP contribution in [0.4, 0.5) is 11.4 Å². The van der Waals surface area contributed by atoms with Gasteiger partial charge < -0.3 is 20.1 Å². The summed E-state index contributed by atoms with van der Waals surface area (Å²) < 4.78 is 10.5. The number of nitrogens with one attached hydrogen (secondary N) is 1. The minimum absolute atomic E-state index is 0.118. The third-order valence-electron chi connectivity index (χ3n) is 3.78. The van der Waals surface area contributed by atoms with E-state index in [0.29, 0.717) is 11.3 Å². The van der Waals surface area contributed by atoms with Crippen LogP contribution in [-0.2, 0) is 9.53 Å². The second-order valence-electron chi connectivity index (χ2n) is 5.51. The lowest BCUT2D eigenvalue weighted by Gasteiger charge is -2.11. The van der Waals surface area contributed by atoms with Crippen molar-refractivity contribution in [3.8, 4) is 5.75 Å². The molecule has 126 valence electrons. The van der Waals surface area contributed by atoms with Crippen LogP contribution in [0.2, 0.25) is 0 Å². The molecule has 0 aromatic heterocycles. The zero-order valence-electron chi connectivity index (χ0n) is 13.3. The van der Waals surface area contributed by atoms with Crippen molar-refractivity contribution in [3.05, 3.63) is 27.8 Å². The van der Waals surface area contributed by atoms with Crippen LogP contribution < -0.4 is 15.4 Å². The highest BCUT2D eigenvalue weighted by molar-refractivity contribution is 5.92. The van der Waals surface area contributed by atoms with Gasteiger partial charge in [-0.05, 0) is 25.3 Å². The summed E-state index contributed by atoms with van der Waals surface area (Å²) in [6.45, 7) is 3.54. The molecule has 1 saturated heterocycles. The summed E-state index contributed by atoms with van der Waals surface area (Å²) >= 11 is 0. The maximum atomic E-state index is 12.0. The lowest BCUT2D eigenvalue weighted by atomic mass is 10.1. The highest BCUT2D eigenvalue weighted by Crippen LogP contribution is 2.32. The Kier molecular flexibility index (Phi) is 5.89. The van der Waals surface area contributed by atoms with Crippen LogP contribution in [0.15, 0.2) is 12.1 Å². The number of nitro groups is 1. The molecular weight excluding hydrogens is 302 g/mol. The SMILES string of the molecule is COc1cc(NC(=O)C[NH2+]C[C@@H]2CCCO2)c(C)cc1[N+](=O)[O-]. The zero-order chi connectivity index (χ0) is 16.8. The average Bonchev–Trinajstić information content (AvgIpc) is 3.02. The first kappa shape index (κ1) is 17.2. The molecule has 8 nitrogen and oxygen atoms in total. The molecule has 1 atom stereocenters. The lowest BCUT2D eigenvalue weighted by Crippen LogP contribution is -2.88. The second kappa shape index (κ2) is 7.89. The Morgan fingerprint density at radius 2 is 2.35 bits per heavy atom. The fourth-order valence-corrected chi connectivity index (χ4v) is 2.55. The quantitative estimate of drug-likeness (QED) is 0.564. The Balaban J connectivity index is 1.93. The smallest absolute Gasteiger partial charge is 0.311 e. The molecule has 0 spiro atoms. The van der Waals surface area contributed by atoms with Crippen LogP contribution in [0.5, 0.6) is 5.75 Å². The Morgan fingerprint density at radius 1 is 1.57 bits per heavy atom. The Morgan fingerprint density at radius 3 is 2.96 bits per heavy atom. The molecule has 0 unspecified atom stereocenters. The van der Waals surface area contributed by atoms with Gasteiger partial charge in [0.25, 0.3) is 5.91 Å². The molecule has 1 fully saturated rings. The topological polar surface area (TPSA) is 107 Å². The van der Waals surface area contributed by atoms with Crippen molar-refractivity contribution in [1.82, 2.24) is 0 Å². The number of nitro benzene ring substituents is 1. The highest BCUT2D eigenvalue weighted by atomic mass is 16.6. The number of aryl methyl sites for hydroxylation is 1. The number of carbonyl (C=O) groups is 1. The van der Waals surface area contributed by atoms with Crippen LogP contribution in [-0.4, -0.2) is 43.7 Å². The number of amides is 1. The van der Waals surface area contributed by atoms with E-state index in [1.165, 1.54) is 19.2 Å². The van der Waals surface area contributed by atoms with E-state index in [1.807, 2.05) is 5.32 Å². The van der Waals surface area contributed by atoms with E-state index < -0.39 is 4.92 Å². The predicted molar refractivity (Wildman–Crippen MR) is 83.6 cm³/mol. The van der Waals surface area contributed by atoms with Gasteiger partial charge in [-0.1, -0.05) is 0 Å². The molecule has 1 aromatic carbocycles. The number of methoxy groups -OCH3 is 1. The number of hydrogen-bond donors (Lipinski definition) is 2. The van der Waals surface area contributed by atoms with Crippen LogP contribution in [0.1, 0.15) is 18.4 Å². The van der Waals surface area contributed by atoms with E-state index in [9.17, 15) is 14.9 Å². The van der Waals surface area contributed by atoms with E-state index in [0.717, 1.165) is 26.0 Å². The molecular formula is C15H22N3O5+. The fourth-order valence-electron chi connectivity index (χ4n) is 2.55. The number of ether oxygens (including phenoxy) is 2. The molecule has 23 heavy (non-hydrogen) atoms. The molecule has 8 heteroatoms. The fraction of sp³-hybridized carbons (Fsp3) is 0.533. The third-order valence-corrected chi connectivity index (χ3v) is 3.78. The Hall–Kier alpha value is -2.19. The Bertz CT molecular complexity index is 585. The van der Waals surface area contributed by atoms with Crippen molar-refractivity contribution < 1.29 is 24.5 Å². The van der Waals surface area contributed by atoms with Gasteiger partial charge >= 0.3 is 5.69 Å². The van der Waals surface area contributed by atoms with Gasteiger partial charge in [-0.15, -0.1) is 0 Å². The van der Waals surface area contributed by atoms with Gasteiger partial charge in [0.15, 0.2) is 12.3 Å². The molecule has 1 aliphatic heterocycles. The monoisotopic (exact) mass is 324 g/mol. The maximum absolute atomic E-state index is 12.0. The molecule has 1 aliphatic rings. The summed E-state index contributed by atoms with van der Waals surface area (Å²) in [5.74, 6) is -0.0405. The van der Waals surface area contributed by atoms with E-state index in [2.05, 4.69) is 5.32 Å². The molecule has 0 aliphatic carbocycles. The van der Waals surface area contributed by atoms with Gasteiger partial charge in [-0.3, -0.25) is 14.9 Å². The van der Waals surface area contributed by atoms with Gasteiger partial charge in [-0.25, -0.2) is 0 Å². The Labute approximate surface area is 134 Å². The third kappa shape index (κ3) is 4.64. The van der Waals surface area contributed by atoms with E-state index in [1.54, 1.807) is 6.92 Å². The number of anilines is 1. The van der Waals surface area contributed by atoms with Crippen molar-refractivity contribution in [3.63, 3.8) is 0 Å². The number of nitrogens with two attached hydrogens (primary N) is 1. The largest absolute Gasteiger partial charge is 0.490 e. The first-order valence-electron chi connectivity index (χ1n) is 7.57. The first-order chi connectivity index (χ1) is 11.0. The summed E-state index contributed by atoms with van der Waals surface area (Å²) in [6.07, 6.45) is 2.34. The number of hydrogen-bond acceptors (Lipinski definition) is 5. The lowest BCUT2D eigenvalue weighted by molar-refractivity contribution is -0.649. The standard InChI is InChI=1S/C15H21N3O5/c1-10-6-13(18(20)21)14(22-2)7-12(10)17-15(19)9-16-8-11-4-3-5-23-11/h6-7,11,16H,3-5,8-9H2,1-2H3,(H,17,19)/p+1/t11-/m0/s1. The molecule has 0 radical (unpaired) electrons. The molecule has 1 aromatic rings. The molecule has 1 amide bonds. The first-order valence-corrected chi connectivity index (χ1v) is 7.57. The summed E-state index contributed by atoms with van der Waals surface area (Å²) in [4.78, 5) is 22.4. The van der Waals surface area contributed by atoms with Crippen molar-refractivity contribution in [2.75, 3.05) is 32.1 Å². The van der Waals surface area contributed by atoms with Crippen LogP contribution in [0.3, 0.4) is 0 Å². The van der Waals surface area contributed by atoms with Gasteiger partial charge in [0.05, 0.1) is 12.0 Å². The number of nitrogens with zero attached hydrogens (tertiary/aromatic N) is 1. The number of rotatable bonds is 7. The summed E-state index contributed by atoms with van der Waals surface area (Å²) in [5, 5.41) is 15.6. The van der Waals surface area contributed by atoms with Crippen molar-refractivity contribution in [2.45, 2.75) is 25.9 Å². The van der Waals surface area contributed by atoms with Crippen molar-refractivity contribution >= 4 is 17.3 Å². The van der Waals surface area contributed by atoms with Gasteiger partial charge in [0, 0.05) is 24.4 Å². The van der Waals surface area contributed by atoms with Crippen LogP contribution in [0.25, 0.3) is 0 Å². The van der Waals surface area contributed by atoms with E-state index in [-0.39, 0.29) is 30.0 Å². The molecule has 0 saturated carbocycles. The van der Waals surface area contributed by atoms with Gasteiger partial charge in [0.2, 0.25) is 0 Å². The number of benzene rings is 1. The second-order valence-corrected chi connectivity index (χ2v) is 5.51. The van der Waals surface area contributed by atoms with Crippen molar-refractivity contribution in [2.24, 2.45) is 0 Å². The maximum Gasteiger partial charge on any atom is 0.311 e. The highest BCUT2D eigenvalue weighted by Gasteiger charge is 2.20. The predicted octanol–water partition coefficient (Wildman–Crippen LogP) is 0.593. The van der Waals surface area contributed by atoms with E-state index >= 15 is 0 Å². The average molecular weight is 324 g/mol. The van der Waals surface area contributed by atoms with Crippen LogP contribution >= 0.6 is 0 Å². The molecule has 2 rings (SSSR count). The van der Waals surface area contributed by atoms with Crippen molar-refractivity contribution in [1.29, 1.82) is 0 Å². The van der Waals surface area contributed by atoms with Crippen LogP contribution in [0, 0.1) is 17.0 Å². The summed E-state index contributed by atoms with van der Waals surface area (Å²) in [5.41, 5.74) is 1.01. The molecule has 1 heterocycles. The van der Waals surface area contributed by atoms with E-state index in [4.69, 9.17) is 9.47 Å². The number of quaternary nitrogens is 1. The minimum Gasteiger partial charge on any atom is -0.490 e. The molecule has 0 bridgehead atoms. The summed E-state index contributed by atoms with van der Waals surface area (Å²) in [7, 11) is 1.36. The number of carbonyl (C=O) groups excluding carboxylic acids is 1. The zero-order valence-corrected chi connectivity index (χ0v) is 13.3. The van der Waals surface area contributed by atoms with Gasteiger partial charge in [-0.2, -0.15) is 0 Å². The van der Waals surface area contributed by atoms with Gasteiger partial charge in [0.1, 0.15) is 12.6 Å². The molecule has 3 N–H and O–H groups in total. The summed E-state index contributed by atoms with van der Waals surface area (Å²) in [6, 6.07) is 2.87. The minimum atomic E-state index is -0.507.